The number of carbonyl (C=O) groups excluding carboxylic acids is 1. The van der Waals surface area contributed by atoms with E-state index in [2.05, 4.69) is 23.2 Å². The van der Waals surface area contributed by atoms with Gasteiger partial charge in [-0.25, -0.2) is 0 Å². The first kappa shape index (κ1) is 15.3. The van der Waals surface area contributed by atoms with Gasteiger partial charge in [-0.05, 0) is 43.4 Å². The second kappa shape index (κ2) is 6.69. The van der Waals surface area contributed by atoms with E-state index in [4.69, 9.17) is 4.74 Å². The molecule has 2 aliphatic rings. The van der Waals surface area contributed by atoms with Gasteiger partial charge in [-0.15, -0.1) is 0 Å². The Morgan fingerprint density at radius 1 is 1.32 bits per heavy atom. The third-order valence-corrected chi connectivity index (χ3v) is 5.09. The molecule has 1 aromatic rings. The van der Waals surface area contributed by atoms with E-state index >= 15 is 0 Å². The highest BCUT2D eigenvalue weighted by molar-refractivity contribution is 5.78. The van der Waals surface area contributed by atoms with E-state index < -0.39 is 0 Å². The van der Waals surface area contributed by atoms with Crippen LogP contribution in [0.5, 0.6) is 5.75 Å². The third kappa shape index (κ3) is 2.98. The van der Waals surface area contributed by atoms with Crippen LogP contribution in [0.3, 0.4) is 0 Å². The molecule has 0 aromatic heterocycles. The van der Waals surface area contributed by atoms with Crippen molar-refractivity contribution in [1.82, 2.24) is 10.2 Å². The Bertz CT molecular complexity index is 518. The Labute approximate surface area is 132 Å². The van der Waals surface area contributed by atoms with E-state index in [9.17, 15) is 4.79 Å². The zero-order chi connectivity index (χ0) is 15.5. The van der Waals surface area contributed by atoms with Gasteiger partial charge in [0.05, 0.1) is 7.11 Å². The first-order chi connectivity index (χ1) is 10.7. The molecule has 2 heterocycles. The molecule has 2 bridgehead atoms. The topological polar surface area (TPSA) is 41.6 Å². The van der Waals surface area contributed by atoms with Crippen LogP contribution in [-0.4, -0.2) is 43.1 Å². The molecule has 3 rings (SSSR count). The molecule has 2 saturated heterocycles. The number of rotatable bonds is 4. The maximum Gasteiger partial charge on any atom is 0.223 e. The standard InChI is InChI=1S/C18H26N2O2/c1-13(16-5-3-4-6-17(16)22-2)11-18(21)20-14-7-8-15(20)12-19-10-9-14/h3-6,13-15,19H,7-12H2,1-2H3. The monoisotopic (exact) mass is 302 g/mol. The van der Waals surface area contributed by atoms with E-state index in [0.717, 1.165) is 37.2 Å². The fraction of sp³-hybridized carbons (Fsp3) is 0.611. The molecule has 22 heavy (non-hydrogen) atoms. The Morgan fingerprint density at radius 2 is 2.09 bits per heavy atom. The predicted octanol–water partition coefficient (Wildman–Crippen LogP) is 2.54. The highest BCUT2D eigenvalue weighted by Crippen LogP contribution is 2.33. The SMILES string of the molecule is COc1ccccc1C(C)CC(=O)N1C2CCNCC1CC2. The summed E-state index contributed by atoms with van der Waals surface area (Å²) in [6.07, 6.45) is 3.96. The number of methoxy groups -OCH3 is 1. The molecule has 3 atom stereocenters. The minimum atomic E-state index is 0.180. The second-order valence-electron chi connectivity index (χ2n) is 6.53. The summed E-state index contributed by atoms with van der Waals surface area (Å²) < 4.78 is 5.43. The van der Waals surface area contributed by atoms with Crippen LogP contribution >= 0.6 is 0 Å². The number of fused-ring (bicyclic) bond motifs is 2. The van der Waals surface area contributed by atoms with Crippen molar-refractivity contribution in [1.29, 1.82) is 0 Å². The summed E-state index contributed by atoms with van der Waals surface area (Å²) in [6.45, 7) is 4.10. The van der Waals surface area contributed by atoms with Crippen molar-refractivity contribution in [2.24, 2.45) is 0 Å². The van der Waals surface area contributed by atoms with E-state index in [1.807, 2.05) is 18.2 Å². The Morgan fingerprint density at radius 3 is 2.91 bits per heavy atom. The Kier molecular flexibility index (Phi) is 4.67. The fourth-order valence-corrected chi connectivity index (χ4v) is 3.94. The van der Waals surface area contributed by atoms with Crippen LogP contribution in [0, 0.1) is 0 Å². The average molecular weight is 302 g/mol. The Hall–Kier alpha value is -1.55. The predicted molar refractivity (Wildman–Crippen MR) is 87.2 cm³/mol. The van der Waals surface area contributed by atoms with Crippen molar-refractivity contribution < 1.29 is 9.53 Å². The number of nitrogens with zero attached hydrogens (tertiary/aromatic N) is 1. The average Bonchev–Trinajstić information content (AvgIpc) is 2.80. The molecular formula is C18H26N2O2. The maximum absolute atomic E-state index is 12.9. The fourth-order valence-electron chi connectivity index (χ4n) is 3.94. The molecule has 120 valence electrons. The first-order valence-electron chi connectivity index (χ1n) is 8.35. The lowest BCUT2D eigenvalue weighted by atomic mass is 9.96. The molecule has 4 nitrogen and oxygen atoms in total. The van der Waals surface area contributed by atoms with Crippen molar-refractivity contribution in [3.05, 3.63) is 29.8 Å². The summed E-state index contributed by atoms with van der Waals surface area (Å²) in [6, 6.07) is 8.85. The van der Waals surface area contributed by atoms with Crippen LogP contribution in [0.2, 0.25) is 0 Å². The number of para-hydroxylation sites is 1. The lowest BCUT2D eigenvalue weighted by Crippen LogP contribution is -2.42. The lowest BCUT2D eigenvalue weighted by molar-refractivity contribution is -0.134. The van der Waals surface area contributed by atoms with Crippen molar-refractivity contribution in [2.45, 2.75) is 50.6 Å². The minimum Gasteiger partial charge on any atom is -0.496 e. The Balaban J connectivity index is 1.71. The quantitative estimate of drug-likeness (QED) is 0.929. The highest BCUT2D eigenvalue weighted by atomic mass is 16.5. The van der Waals surface area contributed by atoms with Gasteiger partial charge in [0.1, 0.15) is 5.75 Å². The zero-order valence-corrected chi connectivity index (χ0v) is 13.5. The maximum atomic E-state index is 12.9. The van der Waals surface area contributed by atoms with Crippen LogP contribution < -0.4 is 10.1 Å². The molecule has 1 amide bonds. The van der Waals surface area contributed by atoms with Crippen LogP contribution in [0.25, 0.3) is 0 Å². The van der Waals surface area contributed by atoms with Gasteiger partial charge in [-0.3, -0.25) is 4.79 Å². The summed E-state index contributed by atoms with van der Waals surface area (Å²) in [5.41, 5.74) is 1.12. The molecular weight excluding hydrogens is 276 g/mol. The van der Waals surface area contributed by atoms with E-state index in [1.54, 1.807) is 7.11 Å². The number of amides is 1. The summed E-state index contributed by atoms with van der Waals surface area (Å²) in [7, 11) is 1.69. The van der Waals surface area contributed by atoms with E-state index in [0.29, 0.717) is 24.4 Å². The van der Waals surface area contributed by atoms with Gasteiger partial charge < -0.3 is 15.0 Å². The van der Waals surface area contributed by atoms with Crippen molar-refractivity contribution >= 4 is 5.91 Å². The van der Waals surface area contributed by atoms with Gasteiger partial charge in [0.25, 0.3) is 0 Å². The van der Waals surface area contributed by atoms with Crippen LogP contribution in [0.1, 0.15) is 44.1 Å². The second-order valence-corrected chi connectivity index (χ2v) is 6.53. The molecule has 2 fully saturated rings. The first-order valence-corrected chi connectivity index (χ1v) is 8.35. The lowest BCUT2D eigenvalue weighted by Gasteiger charge is -2.29. The van der Waals surface area contributed by atoms with Gasteiger partial charge in [0, 0.05) is 25.0 Å². The smallest absolute Gasteiger partial charge is 0.223 e. The van der Waals surface area contributed by atoms with Crippen LogP contribution in [-0.2, 0) is 4.79 Å². The van der Waals surface area contributed by atoms with Crippen LogP contribution in [0.15, 0.2) is 24.3 Å². The van der Waals surface area contributed by atoms with Gasteiger partial charge in [0.2, 0.25) is 5.91 Å². The molecule has 0 aliphatic carbocycles. The molecule has 1 N–H and O–H groups in total. The van der Waals surface area contributed by atoms with Crippen molar-refractivity contribution in [2.75, 3.05) is 20.2 Å². The summed E-state index contributed by atoms with van der Waals surface area (Å²) in [5, 5.41) is 3.45. The number of ether oxygens (including phenoxy) is 1. The normalized spacial score (nSPS) is 25.6. The van der Waals surface area contributed by atoms with Crippen molar-refractivity contribution in [3.8, 4) is 5.75 Å². The summed E-state index contributed by atoms with van der Waals surface area (Å²) in [5.74, 6) is 1.36. The van der Waals surface area contributed by atoms with Gasteiger partial charge in [0.15, 0.2) is 0 Å². The molecule has 3 unspecified atom stereocenters. The van der Waals surface area contributed by atoms with E-state index in [1.165, 1.54) is 6.42 Å². The third-order valence-electron chi connectivity index (χ3n) is 5.09. The van der Waals surface area contributed by atoms with Gasteiger partial charge in [-0.2, -0.15) is 0 Å². The molecule has 0 saturated carbocycles. The molecule has 2 aliphatic heterocycles. The van der Waals surface area contributed by atoms with E-state index in [-0.39, 0.29) is 5.92 Å². The van der Waals surface area contributed by atoms with Gasteiger partial charge in [-0.1, -0.05) is 25.1 Å². The largest absolute Gasteiger partial charge is 0.496 e. The zero-order valence-electron chi connectivity index (χ0n) is 13.5. The summed E-state index contributed by atoms with van der Waals surface area (Å²) >= 11 is 0. The van der Waals surface area contributed by atoms with Crippen LogP contribution in [0.4, 0.5) is 0 Å². The number of nitrogens with one attached hydrogen (secondary N) is 1. The highest BCUT2D eigenvalue weighted by Gasteiger charge is 2.38. The van der Waals surface area contributed by atoms with Gasteiger partial charge >= 0.3 is 0 Å². The minimum absolute atomic E-state index is 0.180. The number of hydrogen-bond donors (Lipinski definition) is 1. The summed E-state index contributed by atoms with van der Waals surface area (Å²) in [4.78, 5) is 15.0. The number of benzene rings is 1. The van der Waals surface area contributed by atoms with Crippen molar-refractivity contribution in [3.63, 3.8) is 0 Å². The molecule has 0 spiro atoms. The number of hydrogen-bond acceptors (Lipinski definition) is 3. The molecule has 1 aromatic carbocycles. The number of carbonyl (C=O) groups is 1. The molecule has 4 heteroatoms. The molecule has 0 radical (unpaired) electrons.